The third-order valence-electron chi connectivity index (χ3n) is 7.62. The molecule has 3 saturated heterocycles. The zero-order valence-corrected chi connectivity index (χ0v) is 23.7. The number of non-ortho nitro benzene ring substituents is 1. The van der Waals surface area contributed by atoms with Crippen LogP contribution >= 0.6 is 35.3 Å². The fourth-order valence-corrected chi connectivity index (χ4v) is 10.5. The van der Waals surface area contributed by atoms with Crippen molar-refractivity contribution in [2.45, 2.75) is 54.9 Å². The van der Waals surface area contributed by atoms with E-state index in [2.05, 4.69) is 0 Å². The van der Waals surface area contributed by atoms with E-state index in [1.165, 1.54) is 28.8 Å². The molecule has 5 rings (SSSR count). The van der Waals surface area contributed by atoms with E-state index in [1.54, 1.807) is 47.5 Å². The summed E-state index contributed by atoms with van der Waals surface area (Å²) in [5.41, 5.74) is 0.583. The van der Waals surface area contributed by atoms with Gasteiger partial charge in [-0.25, -0.2) is 9.59 Å². The number of likely N-dealkylation sites (tertiary alicyclic amines) is 1. The molecule has 2 N–H and O–H groups in total. The van der Waals surface area contributed by atoms with E-state index in [9.17, 15) is 34.7 Å². The molecular weight excluding hydrogens is 566 g/mol. The van der Waals surface area contributed by atoms with Crippen LogP contribution < -0.4 is 0 Å². The zero-order valence-electron chi connectivity index (χ0n) is 21.3. The van der Waals surface area contributed by atoms with Crippen LogP contribution in [-0.4, -0.2) is 89.0 Å². The molecule has 0 unspecified atom stereocenters. The van der Waals surface area contributed by atoms with Gasteiger partial charge >= 0.3 is 12.1 Å². The molecule has 0 aliphatic carbocycles. The molecule has 4 aliphatic heterocycles. The number of carboxylic acid groups (broad SMARTS) is 1. The van der Waals surface area contributed by atoms with Crippen LogP contribution in [0.25, 0.3) is 0 Å². The molecule has 4 aliphatic rings. The monoisotopic (exact) mass is 595 g/mol. The van der Waals surface area contributed by atoms with Gasteiger partial charge in [0.05, 0.1) is 33.6 Å². The first-order chi connectivity index (χ1) is 18.6. The molecule has 3 fully saturated rings. The average molecular weight is 596 g/mol. The number of carboxylic acids is 1. The maximum Gasteiger partial charge on any atom is 0.410 e. The van der Waals surface area contributed by atoms with Gasteiger partial charge in [-0.3, -0.25) is 14.9 Å². The lowest BCUT2D eigenvalue weighted by molar-refractivity contribution is -0.384. The first kappa shape index (κ1) is 28.1. The Morgan fingerprint density at radius 1 is 1.26 bits per heavy atom. The van der Waals surface area contributed by atoms with Gasteiger partial charge < -0.3 is 24.7 Å². The van der Waals surface area contributed by atoms with Crippen molar-refractivity contribution in [2.75, 3.05) is 18.1 Å². The third kappa shape index (κ3) is 5.23. The Morgan fingerprint density at radius 2 is 1.92 bits per heavy atom. The van der Waals surface area contributed by atoms with Crippen LogP contribution in [0.4, 0.5) is 10.5 Å². The highest BCUT2D eigenvalue weighted by molar-refractivity contribution is 8.20. The molecule has 0 spiro atoms. The number of hydrogen-bond donors (Lipinski definition) is 2. The Hall–Kier alpha value is -2.42. The SMILES string of the molecule is C[C@@H](O)[C@H]1C(=O)N2C(C(=O)O)=C(S[C@H]3C[C@@H](C4SCCS4)N(C(=O)OCc4ccc([N+](=O)[O-])cc4)C3)[C@H](C)[C@H]12. The number of nitro benzene ring substituents is 1. The number of carbonyl (C=O) groups excluding carboxylic acids is 2. The van der Waals surface area contributed by atoms with Crippen molar-refractivity contribution in [3.8, 4) is 0 Å². The summed E-state index contributed by atoms with van der Waals surface area (Å²) in [6.45, 7) is 3.79. The maximum absolute atomic E-state index is 13.2. The van der Waals surface area contributed by atoms with Gasteiger partial charge in [0.1, 0.15) is 12.3 Å². The van der Waals surface area contributed by atoms with Gasteiger partial charge in [-0.2, -0.15) is 0 Å². The largest absolute Gasteiger partial charge is 0.477 e. The number of carbonyl (C=O) groups is 3. The number of benzene rings is 1. The number of nitrogens with zero attached hydrogens (tertiary/aromatic N) is 3. The Morgan fingerprint density at radius 3 is 2.51 bits per heavy atom. The lowest BCUT2D eigenvalue weighted by Crippen LogP contribution is -2.63. The molecule has 1 aromatic carbocycles. The summed E-state index contributed by atoms with van der Waals surface area (Å²) in [7, 11) is 0. The second-order valence-corrected chi connectivity index (χ2v) is 14.2. The number of aliphatic hydroxyl groups is 1. The van der Waals surface area contributed by atoms with Gasteiger partial charge in [0, 0.05) is 46.3 Å². The second-order valence-electron chi connectivity index (χ2n) is 10.1. The summed E-state index contributed by atoms with van der Waals surface area (Å²) in [6.07, 6.45) is -0.688. The van der Waals surface area contributed by atoms with Gasteiger partial charge in [0.2, 0.25) is 5.91 Å². The number of rotatable bonds is 8. The van der Waals surface area contributed by atoms with Crippen LogP contribution in [0.15, 0.2) is 34.9 Å². The maximum atomic E-state index is 13.2. The van der Waals surface area contributed by atoms with E-state index in [0.29, 0.717) is 23.4 Å². The number of fused-ring (bicyclic) bond motifs is 1. The number of hydrogen-bond acceptors (Lipinski definition) is 10. The highest BCUT2D eigenvalue weighted by atomic mass is 32.2. The van der Waals surface area contributed by atoms with Crippen LogP contribution in [0.3, 0.4) is 0 Å². The summed E-state index contributed by atoms with van der Waals surface area (Å²) >= 11 is 5.01. The van der Waals surface area contributed by atoms with Crippen molar-refractivity contribution >= 4 is 58.9 Å². The summed E-state index contributed by atoms with van der Waals surface area (Å²) in [5.74, 6) is -0.425. The van der Waals surface area contributed by atoms with Crippen molar-refractivity contribution in [3.63, 3.8) is 0 Å². The average Bonchev–Trinajstić information content (AvgIpc) is 3.61. The van der Waals surface area contributed by atoms with Gasteiger partial charge in [-0.15, -0.1) is 35.3 Å². The van der Waals surface area contributed by atoms with E-state index in [4.69, 9.17) is 4.74 Å². The van der Waals surface area contributed by atoms with Crippen molar-refractivity contribution in [1.29, 1.82) is 0 Å². The molecular formula is C25H29N3O8S3. The van der Waals surface area contributed by atoms with Gasteiger partial charge in [0.25, 0.3) is 5.69 Å². The normalized spacial score (nSPS) is 29.4. The van der Waals surface area contributed by atoms with Crippen LogP contribution in [0.5, 0.6) is 0 Å². The lowest BCUT2D eigenvalue weighted by atomic mass is 9.79. The molecule has 4 heterocycles. The lowest BCUT2D eigenvalue weighted by Gasteiger charge is -2.46. The number of ether oxygens (including phenoxy) is 1. The van der Waals surface area contributed by atoms with E-state index in [0.717, 1.165) is 11.5 Å². The molecule has 6 atom stereocenters. The smallest absolute Gasteiger partial charge is 0.410 e. The number of amides is 2. The second kappa shape index (κ2) is 11.2. The molecule has 210 valence electrons. The quantitative estimate of drug-likeness (QED) is 0.259. The molecule has 0 aromatic heterocycles. The standard InChI is InChI=1S/C25H29N3O8S3/c1-12-19-18(13(2)29)22(30)27(19)20(23(31)32)21(12)39-16-9-17(24-37-7-8-38-24)26(10-16)25(33)36-11-14-3-5-15(6-4-14)28(34)35/h3-6,12-13,16-19,24,29H,7-11H2,1-2H3,(H,31,32)/t12-,13-,16+,17+,18-,19-/m1/s1. The Labute approximate surface area is 237 Å². The van der Waals surface area contributed by atoms with Gasteiger partial charge in [-0.05, 0) is 31.0 Å². The Bertz CT molecular complexity index is 1200. The van der Waals surface area contributed by atoms with Crippen LogP contribution in [0.2, 0.25) is 0 Å². The number of aliphatic hydroxyl groups excluding tert-OH is 1. The predicted molar refractivity (Wildman–Crippen MR) is 148 cm³/mol. The predicted octanol–water partition coefficient (Wildman–Crippen LogP) is 3.37. The number of β-lactam (4-membered cyclic amide) rings is 1. The molecule has 0 radical (unpaired) electrons. The molecule has 14 heteroatoms. The third-order valence-corrected chi connectivity index (χ3v) is 12.3. The molecule has 0 bridgehead atoms. The Kier molecular flexibility index (Phi) is 8.09. The number of nitro groups is 1. The van der Waals surface area contributed by atoms with Crippen molar-refractivity contribution in [1.82, 2.24) is 9.80 Å². The highest BCUT2D eigenvalue weighted by Crippen LogP contribution is 2.53. The first-order valence-corrected chi connectivity index (χ1v) is 15.6. The minimum Gasteiger partial charge on any atom is -0.477 e. The van der Waals surface area contributed by atoms with Crippen molar-refractivity contribution < 1.29 is 34.3 Å². The highest BCUT2D eigenvalue weighted by Gasteiger charge is 2.60. The Balaban J connectivity index is 1.31. The van der Waals surface area contributed by atoms with Crippen LogP contribution in [-0.2, 0) is 20.9 Å². The van der Waals surface area contributed by atoms with Gasteiger partial charge in [0.15, 0.2) is 0 Å². The van der Waals surface area contributed by atoms with E-state index in [1.807, 2.05) is 6.92 Å². The zero-order chi connectivity index (χ0) is 28.0. The summed E-state index contributed by atoms with van der Waals surface area (Å²) < 4.78 is 5.78. The molecule has 11 nitrogen and oxygen atoms in total. The number of thioether (sulfide) groups is 3. The molecule has 39 heavy (non-hydrogen) atoms. The van der Waals surface area contributed by atoms with Gasteiger partial charge in [-0.1, -0.05) is 6.92 Å². The molecule has 0 saturated carbocycles. The first-order valence-electron chi connectivity index (χ1n) is 12.6. The molecule has 1 aromatic rings. The van der Waals surface area contributed by atoms with Crippen LogP contribution in [0, 0.1) is 22.0 Å². The van der Waals surface area contributed by atoms with E-state index >= 15 is 0 Å². The van der Waals surface area contributed by atoms with E-state index < -0.39 is 29.0 Å². The van der Waals surface area contributed by atoms with Crippen molar-refractivity contribution in [2.24, 2.45) is 11.8 Å². The minimum absolute atomic E-state index is 0.0141. The summed E-state index contributed by atoms with van der Waals surface area (Å²) in [6, 6.07) is 5.37. The topological polar surface area (TPSA) is 151 Å². The summed E-state index contributed by atoms with van der Waals surface area (Å²) in [5, 5.41) is 30.9. The van der Waals surface area contributed by atoms with Crippen molar-refractivity contribution in [3.05, 3.63) is 50.5 Å². The van der Waals surface area contributed by atoms with E-state index in [-0.39, 0.29) is 51.7 Å². The summed E-state index contributed by atoms with van der Waals surface area (Å²) in [4.78, 5) is 52.2. The van der Waals surface area contributed by atoms with Crippen LogP contribution in [0.1, 0.15) is 25.8 Å². The fraction of sp³-hybridized carbons (Fsp3) is 0.560. The number of aliphatic carboxylic acids is 1. The fourth-order valence-electron chi connectivity index (χ4n) is 5.78. The molecule has 2 amide bonds. The minimum atomic E-state index is -1.17.